The third-order valence-corrected chi connectivity index (χ3v) is 4.32. The van der Waals surface area contributed by atoms with Crippen LogP contribution in [-0.2, 0) is 19.1 Å². The molecule has 0 aromatic carbocycles. The van der Waals surface area contributed by atoms with E-state index in [4.69, 9.17) is 17.0 Å². The molecule has 0 aromatic heterocycles. The van der Waals surface area contributed by atoms with Crippen molar-refractivity contribution in [3.8, 4) is 6.07 Å². The zero-order valence-electron chi connectivity index (χ0n) is 13.5. The van der Waals surface area contributed by atoms with Crippen LogP contribution in [0.15, 0.2) is 0 Å². The van der Waals surface area contributed by atoms with Gasteiger partial charge >= 0.3 is 5.97 Å². The molecule has 0 aromatic rings. The molecule has 3 atom stereocenters. The van der Waals surface area contributed by atoms with Crippen LogP contribution in [0.5, 0.6) is 0 Å². The number of amides is 1. The van der Waals surface area contributed by atoms with Crippen LogP contribution in [0.4, 0.5) is 0 Å². The number of nitrogens with one attached hydrogen (secondary N) is 2. The molecule has 0 aliphatic carbocycles. The standard InChI is InChI=1S/C15H21N3O4S/c1-4-5-6-7-11(19)9(2)15(13(21)22-3)10(8-16)12(20)17-14(23)18-15/h9-10H,4-7H2,1-3H3,(H2,17,18,20,23)/t9-,10-,15+/m1/s1. The van der Waals surface area contributed by atoms with Crippen molar-refractivity contribution in [2.24, 2.45) is 11.8 Å². The molecule has 1 amide bonds. The van der Waals surface area contributed by atoms with Crippen LogP contribution in [0.3, 0.4) is 0 Å². The van der Waals surface area contributed by atoms with E-state index in [1.807, 2.05) is 6.92 Å². The highest BCUT2D eigenvalue weighted by Crippen LogP contribution is 2.32. The van der Waals surface area contributed by atoms with Gasteiger partial charge in [0.2, 0.25) is 5.91 Å². The Morgan fingerprint density at radius 3 is 2.65 bits per heavy atom. The van der Waals surface area contributed by atoms with E-state index in [1.165, 1.54) is 6.92 Å². The quantitative estimate of drug-likeness (QED) is 0.402. The van der Waals surface area contributed by atoms with E-state index in [-0.39, 0.29) is 17.3 Å². The third-order valence-electron chi connectivity index (χ3n) is 4.12. The molecule has 1 aliphatic heterocycles. The van der Waals surface area contributed by atoms with Gasteiger partial charge in [-0.25, -0.2) is 4.79 Å². The lowest BCUT2D eigenvalue weighted by Crippen LogP contribution is -2.73. The minimum Gasteiger partial charge on any atom is -0.467 e. The fraction of sp³-hybridized carbons (Fsp3) is 0.667. The molecule has 0 bridgehead atoms. The van der Waals surface area contributed by atoms with Gasteiger partial charge in [-0.05, 0) is 18.6 Å². The number of unbranched alkanes of at least 4 members (excludes halogenated alkanes) is 2. The van der Waals surface area contributed by atoms with E-state index in [1.54, 1.807) is 6.07 Å². The van der Waals surface area contributed by atoms with Gasteiger partial charge in [-0.15, -0.1) is 0 Å². The van der Waals surface area contributed by atoms with E-state index < -0.39 is 29.3 Å². The SMILES string of the molecule is CCCCCC(=O)[C@@H](C)[C@]1(C(=O)OC)NC(=S)NC(=O)[C@H]1C#N. The Kier molecular flexibility index (Phi) is 6.63. The number of hydrogen-bond acceptors (Lipinski definition) is 6. The number of ether oxygens (including phenoxy) is 1. The smallest absolute Gasteiger partial charge is 0.334 e. The number of nitrogens with zero attached hydrogens (tertiary/aromatic N) is 1. The second-order valence-corrected chi connectivity index (χ2v) is 5.92. The van der Waals surface area contributed by atoms with Crippen molar-refractivity contribution in [2.45, 2.75) is 45.1 Å². The van der Waals surface area contributed by atoms with Crippen LogP contribution in [0.25, 0.3) is 0 Å². The predicted molar refractivity (Wildman–Crippen MR) is 86.0 cm³/mol. The molecule has 0 saturated carbocycles. The van der Waals surface area contributed by atoms with Crippen LogP contribution in [-0.4, -0.2) is 35.4 Å². The van der Waals surface area contributed by atoms with Gasteiger partial charge in [-0.2, -0.15) is 5.26 Å². The third kappa shape index (κ3) is 3.67. The number of esters is 1. The van der Waals surface area contributed by atoms with Crippen molar-refractivity contribution in [3.63, 3.8) is 0 Å². The summed E-state index contributed by atoms with van der Waals surface area (Å²) < 4.78 is 4.77. The number of nitriles is 1. The number of carbonyl (C=O) groups excluding carboxylic acids is 3. The number of methoxy groups -OCH3 is 1. The van der Waals surface area contributed by atoms with Gasteiger partial charge in [-0.1, -0.05) is 26.7 Å². The molecule has 1 saturated heterocycles. The molecule has 2 N–H and O–H groups in total. The highest BCUT2D eigenvalue weighted by atomic mass is 32.1. The van der Waals surface area contributed by atoms with E-state index in [0.29, 0.717) is 6.42 Å². The molecule has 0 radical (unpaired) electrons. The molecule has 8 heteroatoms. The number of ketones is 1. The highest BCUT2D eigenvalue weighted by Gasteiger charge is 2.59. The Labute approximate surface area is 140 Å². The predicted octanol–water partition coefficient (Wildman–Crippen LogP) is 0.828. The molecular weight excluding hydrogens is 318 g/mol. The van der Waals surface area contributed by atoms with Crippen molar-refractivity contribution in [2.75, 3.05) is 7.11 Å². The van der Waals surface area contributed by atoms with Crippen LogP contribution < -0.4 is 10.6 Å². The zero-order chi connectivity index (χ0) is 17.6. The van der Waals surface area contributed by atoms with E-state index >= 15 is 0 Å². The summed E-state index contributed by atoms with van der Waals surface area (Å²) in [7, 11) is 1.14. The highest BCUT2D eigenvalue weighted by molar-refractivity contribution is 7.80. The Hall–Kier alpha value is -2.01. The number of rotatable bonds is 7. The molecule has 1 heterocycles. The van der Waals surface area contributed by atoms with E-state index in [0.717, 1.165) is 20.0 Å². The van der Waals surface area contributed by atoms with Crippen molar-refractivity contribution < 1.29 is 19.1 Å². The molecule has 126 valence electrons. The molecule has 1 fully saturated rings. The maximum absolute atomic E-state index is 12.5. The summed E-state index contributed by atoms with van der Waals surface area (Å²) in [6, 6.07) is 1.80. The normalized spacial score (nSPS) is 24.9. The molecule has 23 heavy (non-hydrogen) atoms. The molecule has 1 rings (SSSR count). The first-order chi connectivity index (χ1) is 10.8. The molecule has 7 nitrogen and oxygen atoms in total. The van der Waals surface area contributed by atoms with Gasteiger partial charge in [0, 0.05) is 6.42 Å². The maximum Gasteiger partial charge on any atom is 0.334 e. The number of thiocarbonyl (C=S) groups is 1. The second-order valence-electron chi connectivity index (χ2n) is 5.51. The molecule has 0 unspecified atom stereocenters. The fourth-order valence-corrected chi connectivity index (χ4v) is 3.00. The van der Waals surface area contributed by atoms with Crippen molar-refractivity contribution in [1.29, 1.82) is 5.26 Å². The molecular formula is C15H21N3O4S. The van der Waals surface area contributed by atoms with Crippen LogP contribution in [0.1, 0.15) is 39.5 Å². The second kappa shape index (κ2) is 8.02. The van der Waals surface area contributed by atoms with Crippen LogP contribution >= 0.6 is 12.2 Å². The van der Waals surface area contributed by atoms with E-state index in [9.17, 15) is 19.6 Å². The first kappa shape index (κ1) is 19.0. The van der Waals surface area contributed by atoms with Gasteiger partial charge in [0.15, 0.2) is 16.6 Å². The average molecular weight is 339 g/mol. The number of hydrogen-bond donors (Lipinski definition) is 2. The lowest BCUT2D eigenvalue weighted by atomic mass is 9.71. The topological polar surface area (TPSA) is 108 Å². The Morgan fingerprint density at radius 1 is 1.48 bits per heavy atom. The summed E-state index contributed by atoms with van der Waals surface area (Å²) in [5.74, 6) is -4.12. The Morgan fingerprint density at radius 2 is 2.13 bits per heavy atom. The van der Waals surface area contributed by atoms with Crippen molar-refractivity contribution in [1.82, 2.24) is 10.6 Å². The number of Topliss-reactive ketones (excluding diaryl/α,β-unsaturated/α-hetero) is 1. The van der Waals surface area contributed by atoms with Gasteiger partial charge in [0.1, 0.15) is 5.78 Å². The monoisotopic (exact) mass is 339 g/mol. The largest absolute Gasteiger partial charge is 0.467 e. The van der Waals surface area contributed by atoms with Crippen molar-refractivity contribution in [3.05, 3.63) is 0 Å². The zero-order valence-corrected chi connectivity index (χ0v) is 14.3. The summed E-state index contributed by atoms with van der Waals surface area (Å²) >= 11 is 4.94. The first-order valence-electron chi connectivity index (χ1n) is 7.48. The van der Waals surface area contributed by atoms with Gasteiger partial charge < -0.3 is 15.4 Å². The summed E-state index contributed by atoms with van der Waals surface area (Å²) in [5.41, 5.74) is -1.80. The Balaban J connectivity index is 3.22. The maximum atomic E-state index is 12.5. The van der Waals surface area contributed by atoms with Crippen molar-refractivity contribution >= 4 is 35.0 Å². The summed E-state index contributed by atoms with van der Waals surface area (Å²) in [6.45, 7) is 3.53. The summed E-state index contributed by atoms with van der Waals surface area (Å²) in [4.78, 5) is 37.0. The lowest BCUT2D eigenvalue weighted by Gasteiger charge is -2.42. The molecule has 1 aliphatic rings. The van der Waals surface area contributed by atoms with Gasteiger partial charge in [-0.3, -0.25) is 9.59 Å². The van der Waals surface area contributed by atoms with E-state index in [2.05, 4.69) is 10.6 Å². The molecule has 0 spiro atoms. The lowest BCUT2D eigenvalue weighted by molar-refractivity contribution is -0.158. The fourth-order valence-electron chi connectivity index (χ4n) is 2.74. The summed E-state index contributed by atoms with van der Waals surface area (Å²) in [5, 5.41) is 14.2. The first-order valence-corrected chi connectivity index (χ1v) is 7.89. The average Bonchev–Trinajstić information content (AvgIpc) is 2.52. The van der Waals surface area contributed by atoms with Crippen LogP contribution in [0.2, 0.25) is 0 Å². The minimum atomic E-state index is -1.80. The van der Waals surface area contributed by atoms with Crippen LogP contribution in [0, 0.1) is 23.2 Å². The summed E-state index contributed by atoms with van der Waals surface area (Å²) in [6.07, 6.45) is 2.79. The Bertz CT molecular complexity index is 557. The van der Waals surface area contributed by atoms with Gasteiger partial charge in [0.25, 0.3) is 0 Å². The van der Waals surface area contributed by atoms with Gasteiger partial charge in [0.05, 0.1) is 19.1 Å². The number of carbonyl (C=O) groups is 3. The minimum absolute atomic E-state index is 0.0971.